The first-order chi connectivity index (χ1) is 3.79. The third kappa shape index (κ3) is 3.04. The third-order valence-electron chi connectivity index (χ3n) is 1.54. The Kier molecular flexibility index (Phi) is 4.19. The maximum Gasteiger partial charge on any atom is 0.0164 e. The van der Waals surface area contributed by atoms with E-state index in [1.165, 1.54) is 0 Å². The van der Waals surface area contributed by atoms with Gasteiger partial charge in [0.2, 0.25) is 0 Å². The standard InChI is InChI=1S/C6H14N2.ClH/c1-5-3-8-6(2)4-7-5;/h5-8H,3-4H2,1-2H3;1H. The summed E-state index contributed by atoms with van der Waals surface area (Å²) in [6.45, 7) is 6.61. The van der Waals surface area contributed by atoms with Crippen molar-refractivity contribution in [1.82, 2.24) is 10.6 Å². The van der Waals surface area contributed by atoms with E-state index in [4.69, 9.17) is 0 Å². The molecule has 1 saturated heterocycles. The highest BCUT2D eigenvalue weighted by molar-refractivity contribution is 5.85. The molecule has 2 unspecified atom stereocenters. The fourth-order valence-electron chi connectivity index (χ4n) is 0.900. The highest BCUT2D eigenvalue weighted by Gasteiger charge is 2.10. The van der Waals surface area contributed by atoms with Crippen molar-refractivity contribution in [2.24, 2.45) is 0 Å². The fourth-order valence-corrected chi connectivity index (χ4v) is 0.900. The van der Waals surface area contributed by atoms with Crippen molar-refractivity contribution in [1.29, 1.82) is 0 Å². The minimum atomic E-state index is 0. The summed E-state index contributed by atoms with van der Waals surface area (Å²) >= 11 is 0. The number of hydrogen-bond acceptors (Lipinski definition) is 2. The summed E-state index contributed by atoms with van der Waals surface area (Å²) in [4.78, 5) is 0. The molecule has 0 aromatic rings. The van der Waals surface area contributed by atoms with Crippen LogP contribution in [0, 0.1) is 0 Å². The van der Waals surface area contributed by atoms with E-state index >= 15 is 0 Å². The normalized spacial score (nSPS) is 35.3. The molecule has 0 saturated carbocycles. The van der Waals surface area contributed by atoms with Crippen LogP contribution in [0.3, 0.4) is 0 Å². The second kappa shape index (κ2) is 4.09. The Labute approximate surface area is 62.8 Å². The Morgan fingerprint density at radius 2 is 1.33 bits per heavy atom. The third-order valence-corrected chi connectivity index (χ3v) is 1.54. The molecule has 9 heavy (non-hydrogen) atoms. The van der Waals surface area contributed by atoms with E-state index in [2.05, 4.69) is 24.5 Å². The van der Waals surface area contributed by atoms with Crippen molar-refractivity contribution < 1.29 is 0 Å². The molecule has 2 atom stereocenters. The second-order valence-corrected chi connectivity index (χ2v) is 2.62. The van der Waals surface area contributed by atoms with Crippen LogP contribution in [0.4, 0.5) is 0 Å². The van der Waals surface area contributed by atoms with Crippen LogP contribution < -0.4 is 10.6 Å². The van der Waals surface area contributed by atoms with Gasteiger partial charge in [0.15, 0.2) is 0 Å². The lowest BCUT2D eigenvalue weighted by Crippen LogP contribution is -2.51. The highest BCUT2D eigenvalue weighted by atomic mass is 35.5. The molecule has 0 aromatic heterocycles. The second-order valence-electron chi connectivity index (χ2n) is 2.62. The van der Waals surface area contributed by atoms with Crippen LogP contribution in [0.1, 0.15) is 13.8 Å². The first-order valence-electron chi connectivity index (χ1n) is 3.26. The topological polar surface area (TPSA) is 24.1 Å². The van der Waals surface area contributed by atoms with Crippen molar-refractivity contribution in [3.8, 4) is 0 Å². The van der Waals surface area contributed by atoms with Crippen molar-refractivity contribution >= 4 is 12.4 Å². The zero-order valence-electron chi connectivity index (χ0n) is 5.98. The van der Waals surface area contributed by atoms with E-state index < -0.39 is 0 Å². The van der Waals surface area contributed by atoms with Crippen LogP contribution in [-0.4, -0.2) is 25.2 Å². The summed E-state index contributed by atoms with van der Waals surface area (Å²) in [5, 5.41) is 6.74. The van der Waals surface area contributed by atoms with Gasteiger partial charge in [0, 0.05) is 25.2 Å². The van der Waals surface area contributed by atoms with Gasteiger partial charge in [0.1, 0.15) is 0 Å². The maximum atomic E-state index is 3.37. The van der Waals surface area contributed by atoms with Crippen LogP contribution in [0.2, 0.25) is 0 Å². The molecule has 1 aliphatic rings. The molecule has 0 bridgehead atoms. The number of rotatable bonds is 0. The van der Waals surface area contributed by atoms with Gasteiger partial charge in [0.25, 0.3) is 0 Å². The summed E-state index contributed by atoms with van der Waals surface area (Å²) in [6.07, 6.45) is 0. The molecule has 0 amide bonds. The van der Waals surface area contributed by atoms with E-state index in [0.29, 0.717) is 12.1 Å². The Morgan fingerprint density at radius 3 is 1.56 bits per heavy atom. The van der Waals surface area contributed by atoms with Gasteiger partial charge in [-0.1, -0.05) is 0 Å². The van der Waals surface area contributed by atoms with Gasteiger partial charge in [-0.15, -0.1) is 12.4 Å². The molecule has 0 aromatic carbocycles. The largest absolute Gasteiger partial charge is 0.311 e. The Bertz CT molecular complexity index is 59.5. The Hall–Kier alpha value is 0.210. The number of hydrogen-bond donors (Lipinski definition) is 2. The van der Waals surface area contributed by atoms with Crippen LogP contribution in [0.25, 0.3) is 0 Å². The van der Waals surface area contributed by atoms with Gasteiger partial charge in [-0.3, -0.25) is 0 Å². The van der Waals surface area contributed by atoms with Crippen LogP contribution in [-0.2, 0) is 0 Å². The minimum Gasteiger partial charge on any atom is -0.311 e. The van der Waals surface area contributed by atoms with Gasteiger partial charge in [-0.05, 0) is 13.8 Å². The molecule has 1 fully saturated rings. The highest BCUT2D eigenvalue weighted by Crippen LogP contribution is 1.89. The lowest BCUT2D eigenvalue weighted by Gasteiger charge is -2.26. The lowest BCUT2D eigenvalue weighted by atomic mass is 10.2. The lowest BCUT2D eigenvalue weighted by molar-refractivity contribution is 0.376. The van der Waals surface area contributed by atoms with Gasteiger partial charge >= 0.3 is 0 Å². The minimum absolute atomic E-state index is 0. The molecule has 56 valence electrons. The molecule has 1 heterocycles. The van der Waals surface area contributed by atoms with Crippen molar-refractivity contribution in [3.05, 3.63) is 0 Å². The zero-order chi connectivity index (χ0) is 5.98. The quantitative estimate of drug-likeness (QED) is 0.522. The summed E-state index contributed by atoms with van der Waals surface area (Å²) in [5.74, 6) is 0. The number of piperazine rings is 1. The summed E-state index contributed by atoms with van der Waals surface area (Å²) < 4.78 is 0. The van der Waals surface area contributed by atoms with E-state index in [0.717, 1.165) is 13.1 Å². The number of halogens is 1. The predicted molar refractivity (Wildman–Crippen MR) is 42.2 cm³/mol. The maximum absolute atomic E-state index is 3.37. The van der Waals surface area contributed by atoms with Crippen molar-refractivity contribution in [2.45, 2.75) is 25.9 Å². The summed E-state index contributed by atoms with van der Waals surface area (Å²) in [7, 11) is 0. The number of nitrogens with one attached hydrogen (secondary N) is 2. The monoisotopic (exact) mass is 150 g/mol. The van der Waals surface area contributed by atoms with E-state index in [1.807, 2.05) is 0 Å². The van der Waals surface area contributed by atoms with Gasteiger partial charge in [-0.2, -0.15) is 0 Å². The molecule has 0 aliphatic carbocycles. The average Bonchev–Trinajstić information content (AvgIpc) is 1.77. The zero-order valence-corrected chi connectivity index (χ0v) is 6.79. The van der Waals surface area contributed by atoms with E-state index in [9.17, 15) is 0 Å². The van der Waals surface area contributed by atoms with Gasteiger partial charge in [0.05, 0.1) is 0 Å². The predicted octanol–water partition coefficient (Wildman–Crippen LogP) is 0.378. The molecule has 1 aliphatic heterocycles. The van der Waals surface area contributed by atoms with Gasteiger partial charge in [-0.25, -0.2) is 0 Å². The van der Waals surface area contributed by atoms with Crippen LogP contribution in [0.15, 0.2) is 0 Å². The fraction of sp³-hybridized carbons (Fsp3) is 1.00. The van der Waals surface area contributed by atoms with Crippen molar-refractivity contribution in [2.75, 3.05) is 13.1 Å². The molecule has 0 radical (unpaired) electrons. The average molecular weight is 151 g/mol. The summed E-state index contributed by atoms with van der Waals surface area (Å²) in [6, 6.07) is 1.32. The molecule has 0 spiro atoms. The van der Waals surface area contributed by atoms with Crippen molar-refractivity contribution in [3.63, 3.8) is 0 Å². The first kappa shape index (κ1) is 9.21. The molecular formula is C6H15ClN2. The Morgan fingerprint density at radius 1 is 1.00 bits per heavy atom. The van der Waals surface area contributed by atoms with E-state index in [1.54, 1.807) is 0 Å². The summed E-state index contributed by atoms with van der Waals surface area (Å²) in [5.41, 5.74) is 0. The Balaban J connectivity index is 0.000000640. The molecule has 2 nitrogen and oxygen atoms in total. The molecular weight excluding hydrogens is 136 g/mol. The van der Waals surface area contributed by atoms with Gasteiger partial charge < -0.3 is 10.6 Å². The smallest absolute Gasteiger partial charge is 0.0164 e. The van der Waals surface area contributed by atoms with Crippen LogP contribution >= 0.6 is 12.4 Å². The first-order valence-corrected chi connectivity index (χ1v) is 3.26. The molecule has 3 heteroatoms. The SMILES string of the molecule is CC1CNC(C)CN1.Cl. The van der Waals surface area contributed by atoms with Crippen LogP contribution in [0.5, 0.6) is 0 Å². The molecule has 2 N–H and O–H groups in total. The van der Waals surface area contributed by atoms with E-state index in [-0.39, 0.29) is 12.4 Å². The molecule has 1 rings (SSSR count).